The van der Waals surface area contributed by atoms with Crippen LogP contribution in [0.1, 0.15) is 56.0 Å². The van der Waals surface area contributed by atoms with Crippen molar-refractivity contribution in [1.82, 2.24) is 38.6 Å². The van der Waals surface area contributed by atoms with Crippen molar-refractivity contribution in [3.63, 3.8) is 0 Å². The van der Waals surface area contributed by atoms with Gasteiger partial charge in [0.05, 0.1) is 45.5 Å². The summed E-state index contributed by atoms with van der Waals surface area (Å²) >= 11 is 22.6. The molecule has 0 aliphatic carbocycles. The molecule has 0 aromatic carbocycles. The third kappa shape index (κ3) is 15.1. The minimum absolute atomic E-state index is 0.0115. The van der Waals surface area contributed by atoms with Crippen LogP contribution in [0.5, 0.6) is 0 Å². The van der Waals surface area contributed by atoms with Crippen LogP contribution in [0.25, 0.3) is 11.2 Å². The van der Waals surface area contributed by atoms with E-state index in [1.165, 1.54) is 44.2 Å². The molecule has 30 nitrogen and oxygen atoms in total. The van der Waals surface area contributed by atoms with E-state index in [1.807, 2.05) is 0 Å². The standard InChI is InChI=1S/C36H53N9O21P4S5/c1-5-56-67(52,71)58-13-21-19(9-25(62-21)45-16-38-26-29(45)39-34(37)40-32(26)49)64-69(54,73)59-14-22-20(10-24(61-22)43-11-17(2)30(47)41-35(43)50)65-70(74,75)60-15-23-27(66-68(53,72)57-8-6-7-46)28(55-4)33(63-23)44-12-18(3)31(48)42-36(44)51/h11-12,16,19-25,27-28,33,46H,5-10,13-15H2,1-4H3,(H,52,71)(H,53,72)(H,54,73)(H,74,75)(H,41,47,50)(H,42,48,51)(H3,37,39,40,49)/t19?,20?,21-,22-,23-,24-,25-,27?,28?,33-,67?,68?,69?/m1/s1. The molecule has 75 heavy (non-hydrogen) atoms. The van der Waals surface area contributed by atoms with Gasteiger partial charge < -0.3 is 47.9 Å². The Labute approximate surface area is 450 Å². The Morgan fingerprint density at radius 3 is 1.91 bits per heavy atom. The highest BCUT2D eigenvalue weighted by Gasteiger charge is 2.51. The Bertz CT molecular complexity index is 3220. The van der Waals surface area contributed by atoms with Crippen molar-refractivity contribution >= 4 is 104 Å². The number of aliphatic hydroxyl groups excluding tert-OH is 1. The molecule has 4 aromatic rings. The van der Waals surface area contributed by atoms with Crippen molar-refractivity contribution in [1.29, 1.82) is 0 Å². The van der Waals surface area contributed by atoms with Crippen LogP contribution in [-0.2, 0) is 80.6 Å². The minimum atomic E-state index is -4.51. The van der Waals surface area contributed by atoms with Crippen LogP contribution < -0.4 is 33.8 Å². The van der Waals surface area contributed by atoms with Crippen molar-refractivity contribution in [3.8, 4) is 0 Å². The number of nitrogens with zero attached hydrogens (tertiary/aromatic N) is 5. The fourth-order valence-corrected chi connectivity index (χ4v) is 14.4. The van der Waals surface area contributed by atoms with Gasteiger partial charge in [0, 0.05) is 50.1 Å². The summed E-state index contributed by atoms with van der Waals surface area (Å²) in [5.41, 5.74) is -1.43. The van der Waals surface area contributed by atoms with Crippen LogP contribution >= 0.6 is 75.1 Å². The number of nitrogens with two attached hydrogens (primary N) is 1. The number of nitrogen functional groups attached to an aromatic ring is 1. The van der Waals surface area contributed by atoms with Gasteiger partial charge in [-0.2, -0.15) is 4.98 Å². The Kier molecular flexibility index (Phi) is 20.2. The molecule has 0 amide bonds. The molecule has 418 valence electrons. The summed E-state index contributed by atoms with van der Waals surface area (Å²) in [5.74, 6) is -0.211. The molecule has 0 radical (unpaired) electrons. The van der Waals surface area contributed by atoms with Gasteiger partial charge in [0.2, 0.25) is 11.6 Å². The maximum Gasteiger partial charge on any atom is 0.386 e. The Morgan fingerprint density at radius 1 is 0.733 bits per heavy atom. The van der Waals surface area contributed by atoms with Gasteiger partial charge >= 0.3 is 31.8 Å². The van der Waals surface area contributed by atoms with E-state index in [-0.39, 0.29) is 67.3 Å². The number of hydrogen-bond donors (Lipinski definition) is 9. The minimum Gasteiger partial charge on any atom is -0.396 e. The van der Waals surface area contributed by atoms with E-state index in [2.05, 4.69) is 73.9 Å². The van der Waals surface area contributed by atoms with Gasteiger partial charge in [-0.25, -0.2) is 28.3 Å². The summed E-state index contributed by atoms with van der Waals surface area (Å²) in [4.78, 5) is 78.3. The number of imidazole rings is 1. The zero-order chi connectivity index (χ0) is 54.8. The molecule has 8 unspecified atom stereocenters. The fraction of sp³-hybridized carbons (Fsp3) is 0.639. The van der Waals surface area contributed by atoms with Crippen LogP contribution in [-0.4, -0.2) is 133 Å². The van der Waals surface area contributed by atoms with E-state index in [0.29, 0.717) is 0 Å². The number of H-pyrrole nitrogens is 3. The highest BCUT2D eigenvalue weighted by atomic mass is 32.9. The normalized spacial score (nSPS) is 28.3. The summed E-state index contributed by atoms with van der Waals surface area (Å²) in [6.07, 6.45) is -8.70. The SMILES string of the molecule is CCOP(=O)(S)OC[C@H]1O[C@@H](n2cnc3c(=O)[nH]c(N)nc32)CC1OP(=O)(S)OC[C@H]1O[C@@H](n2cc(C)c(=O)[nH]c2=O)CC1OP(=S)(S)OC[C@H]1O[C@@H](n2cc(C)c(=O)[nH]c2=O)C(OC)C1OP(=O)(S)OCCCO. The van der Waals surface area contributed by atoms with Crippen LogP contribution in [0.15, 0.2) is 42.7 Å². The third-order valence-electron chi connectivity index (χ3n) is 11.4. The van der Waals surface area contributed by atoms with E-state index in [0.717, 1.165) is 9.13 Å². The molecule has 3 aliphatic rings. The lowest BCUT2D eigenvalue weighted by atomic mass is 10.1. The van der Waals surface area contributed by atoms with Gasteiger partial charge in [-0.3, -0.25) is 61.1 Å². The first-order chi connectivity index (χ1) is 35.2. The second-order valence-electron chi connectivity index (χ2n) is 16.7. The van der Waals surface area contributed by atoms with E-state index in [9.17, 15) is 42.8 Å². The van der Waals surface area contributed by atoms with Gasteiger partial charge in [-0.05, 0) is 39.0 Å². The largest absolute Gasteiger partial charge is 0.396 e. The molecule has 7 rings (SSSR count). The first kappa shape index (κ1) is 60.4. The number of aliphatic hydroxyl groups is 1. The lowest BCUT2D eigenvalue weighted by molar-refractivity contribution is -0.0614. The monoisotopic (exact) mass is 1230 g/mol. The molecule has 0 saturated carbocycles. The van der Waals surface area contributed by atoms with Crippen LogP contribution in [0.2, 0.25) is 0 Å². The van der Waals surface area contributed by atoms with Crippen LogP contribution in [0, 0.1) is 13.8 Å². The molecule has 3 fully saturated rings. The fourth-order valence-electron chi connectivity index (χ4n) is 7.97. The molecule has 0 bridgehead atoms. The maximum atomic E-state index is 14.2. The van der Waals surface area contributed by atoms with E-state index < -0.39 is 135 Å². The Hall–Kier alpha value is -2.27. The van der Waals surface area contributed by atoms with Gasteiger partial charge in [0.1, 0.15) is 49.1 Å². The number of aryl methyl sites for hydroxylation is 2. The predicted octanol–water partition coefficient (Wildman–Crippen LogP) is 2.82. The Morgan fingerprint density at radius 2 is 1.29 bits per heavy atom. The number of aromatic amines is 3. The molecule has 6 N–H and O–H groups in total. The van der Waals surface area contributed by atoms with Crippen molar-refractivity contribution < 1.29 is 73.9 Å². The van der Waals surface area contributed by atoms with E-state index in [1.54, 1.807) is 6.92 Å². The maximum absolute atomic E-state index is 14.2. The zero-order valence-electron chi connectivity index (χ0n) is 39.8. The summed E-state index contributed by atoms with van der Waals surface area (Å²) in [7, 11) is 1.26. The molecule has 4 aromatic heterocycles. The average molecular weight is 1230 g/mol. The molecular weight excluding hydrogens is 1180 g/mol. The quantitative estimate of drug-likeness (QED) is 0.0262. The first-order valence-corrected chi connectivity index (χ1v) is 34.2. The second-order valence-corrected chi connectivity index (χ2v) is 30.6. The third-order valence-corrected chi connectivity index (χ3v) is 18.7. The average Bonchev–Trinajstić information content (AvgIpc) is 4.11. The lowest BCUT2D eigenvalue weighted by Crippen LogP contribution is -2.40. The van der Waals surface area contributed by atoms with Crippen molar-refractivity contribution in [2.75, 3.05) is 52.5 Å². The highest BCUT2D eigenvalue weighted by Crippen LogP contribution is 2.61. The van der Waals surface area contributed by atoms with Gasteiger partial charge in [0.15, 0.2) is 17.4 Å². The summed E-state index contributed by atoms with van der Waals surface area (Å²) < 4.78 is 114. The first-order valence-electron chi connectivity index (χ1n) is 22.3. The molecule has 39 heteroatoms. The molecular formula is C36H53N9O21P4S5. The van der Waals surface area contributed by atoms with Crippen LogP contribution in [0.4, 0.5) is 5.95 Å². The van der Waals surface area contributed by atoms with Crippen molar-refractivity contribution in [2.24, 2.45) is 0 Å². The van der Waals surface area contributed by atoms with Crippen molar-refractivity contribution in [3.05, 3.63) is 81.9 Å². The smallest absolute Gasteiger partial charge is 0.386 e. The topological polar surface area (TPSA) is 382 Å². The number of thiol groups is 4. The summed E-state index contributed by atoms with van der Waals surface area (Å²) in [6, 6.07) is 0. The van der Waals surface area contributed by atoms with Gasteiger partial charge in [0.25, 0.3) is 16.7 Å². The van der Waals surface area contributed by atoms with E-state index >= 15 is 0 Å². The van der Waals surface area contributed by atoms with Crippen molar-refractivity contribution in [2.45, 2.75) is 101 Å². The number of rotatable bonds is 25. The lowest BCUT2D eigenvalue weighted by Gasteiger charge is -2.28. The number of ether oxygens (including phenoxy) is 4. The molecule has 7 heterocycles. The predicted molar refractivity (Wildman–Crippen MR) is 281 cm³/mol. The molecule has 0 spiro atoms. The summed E-state index contributed by atoms with van der Waals surface area (Å²) in [6.45, 7) is -10.4. The van der Waals surface area contributed by atoms with Gasteiger partial charge in [-0.1, -0.05) is 49.0 Å². The Balaban J connectivity index is 1.11. The number of methoxy groups -OCH3 is 1. The number of anilines is 1. The van der Waals surface area contributed by atoms with Gasteiger partial charge in [-0.15, -0.1) is 0 Å². The number of fused-ring (bicyclic) bond motifs is 1. The molecule has 3 saturated heterocycles. The van der Waals surface area contributed by atoms with Crippen LogP contribution in [0.3, 0.4) is 0 Å². The number of aromatic nitrogens is 8. The zero-order valence-corrected chi connectivity index (χ0v) is 47.8. The molecule has 3 aliphatic heterocycles. The number of nitrogens with one attached hydrogen (secondary N) is 3. The second kappa shape index (κ2) is 25.0. The van der Waals surface area contributed by atoms with E-state index in [4.69, 9.17) is 72.7 Å². The molecule has 14 atom stereocenters. The summed E-state index contributed by atoms with van der Waals surface area (Å²) in [5, 5.41) is 9.24. The number of hydrogen-bond acceptors (Lipinski definition) is 25. The highest BCUT2D eigenvalue weighted by molar-refractivity contribution is 8.60.